The van der Waals surface area contributed by atoms with E-state index in [1.54, 1.807) is 0 Å². The van der Waals surface area contributed by atoms with Gasteiger partial charge < -0.3 is 20.4 Å². The molecule has 1 heterocycles. The summed E-state index contributed by atoms with van der Waals surface area (Å²) in [7, 11) is 0. The zero-order chi connectivity index (χ0) is 19.3. The van der Waals surface area contributed by atoms with Crippen LogP contribution < -0.4 is 10.6 Å². The molecule has 5 nitrogen and oxygen atoms in total. The van der Waals surface area contributed by atoms with E-state index in [4.69, 9.17) is 0 Å². The first-order valence-electron chi connectivity index (χ1n) is 10.0. The number of carbonyl (C=O) groups is 1. The van der Waals surface area contributed by atoms with Gasteiger partial charge in [0, 0.05) is 36.8 Å². The first-order chi connectivity index (χ1) is 11.5. The van der Waals surface area contributed by atoms with E-state index < -0.39 is 0 Å². The maximum absolute atomic E-state index is 12.9. The Hall–Kier alpha value is -0.810. The summed E-state index contributed by atoms with van der Waals surface area (Å²) in [5.41, 5.74) is 0.0909. The smallest absolute Gasteiger partial charge is 0.317 e. The van der Waals surface area contributed by atoms with Crippen molar-refractivity contribution >= 4 is 6.03 Å². The first kappa shape index (κ1) is 22.2. The van der Waals surface area contributed by atoms with E-state index in [-0.39, 0.29) is 23.2 Å². The lowest BCUT2D eigenvalue weighted by Crippen LogP contribution is -2.63. The highest BCUT2D eigenvalue weighted by Crippen LogP contribution is 2.28. The second-order valence-electron chi connectivity index (χ2n) is 9.31. The molecule has 0 bridgehead atoms. The lowest BCUT2D eigenvalue weighted by atomic mass is 9.79. The second-order valence-corrected chi connectivity index (χ2v) is 9.31. The highest BCUT2D eigenvalue weighted by atomic mass is 16.2. The summed E-state index contributed by atoms with van der Waals surface area (Å²) in [6, 6.07) is 0.321. The number of nitrogens with one attached hydrogen (secondary N) is 2. The maximum Gasteiger partial charge on any atom is 0.317 e. The van der Waals surface area contributed by atoms with Crippen molar-refractivity contribution in [2.24, 2.45) is 5.92 Å². The molecule has 0 aromatic carbocycles. The van der Waals surface area contributed by atoms with Gasteiger partial charge >= 0.3 is 6.03 Å². The lowest BCUT2D eigenvalue weighted by Gasteiger charge is -2.47. The van der Waals surface area contributed by atoms with Crippen molar-refractivity contribution in [1.29, 1.82) is 0 Å². The van der Waals surface area contributed by atoms with Crippen molar-refractivity contribution in [2.45, 2.75) is 85.4 Å². The number of rotatable bonds is 8. The Balaban J connectivity index is 2.70. The number of urea groups is 1. The minimum atomic E-state index is 0.0454. The van der Waals surface area contributed by atoms with Crippen molar-refractivity contribution in [3.8, 4) is 0 Å². The number of carbonyl (C=O) groups excluding carboxylic acids is 1. The van der Waals surface area contributed by atoms with Gasteiger partial charge in [0.05, 0.1) is 0 Å². The van der Waals surface area contributed by atoms with Gasteiger partial charge in [0.1, 0.15) is 0 Å². The Morgan fingerprint density at radius 3 is 2.04 bits per heavy atom. The van der Waals surface area contributed by atoms with Gasteiger partial charge in [-0.3, -0.25) is 0 Å². The van der Waals surface area contributed by atoms with Crippen LogP contribution in [-0.2, 0) is 0 Å². The molecular weight excluding hydrogens is 312 g/mol. The lowest BCUT2D eigenvalue weighted by molar-refractivity contribution is 0.134. The van der Waals surface area contributed by atoms with Crippen molar-refractivity contribution in [2.75, 3.05) is 32.7 Å². The molecule has 0 aromatic heterocycles. The van der Waals surface area contributed by atoms with Gasteiger partial charge in [0.2, 0.25) is 0 Å². The predicted molar refractivity (Wildman–Crippen MR) is 107 cm³/mol. The van der Waals surface area contributed by atoms with Crippen LogP contribution in [0.3, 0.4) is 0 Å². The molecule has 0 atom stereocenters. The molecule has 1 rings (SSSR count). The summed E-state index contributed by atoms with van der Waals surface area (Å²) in [6.45, 7) is 22.2. The molecule has 0 saturated carbocycles. The van der Waals surface area contributed by atoms with Gasteiger partial charge in [-0.25, -0.2) is 4.79 Å². The van der Waals surface area contributed by atoms with Crippen LogP contribution in [-0.4, -0.2) is 65.7 Å². The second kappa shape index (κ2) is 9.22. The Morgan fingerprint density at radius 2 is 1.60 bits per heavy atom. The Morgan fingerprint density at radius 1 is 1.08 bits per heavy atom. The van der Waals surface area contributed by atoms with E-state index >= 15 is 0 Å². The summed E-state index contributed by atoms with van der Waals surface area (Å²) < 4.78 is 0. The minimum Gasteiger partial charge on any atom is -0.335 e. The summed E-state index contributed by atoms with van der Waals surface area (Å²) in [6.07, 6.45) is 1.93. The maximum atomic E-state index is 12.9. The van der Waals surface area contributed by atoms with E-state index in [1.165, 1.54) is 0 Å². The van der Waals surface area contributed by atoms with Crippen molar-refractivity contribution in [1.82, 2.24) is 20.4 Å². The third-order valence-corrected chi connectivity index (χ3v) is 4.97. The standard InChI is InChI=1S/C20H42N4O/c1-9-23(10-2)11-12-24(15-16(3)4)18(25)21-17-13-19(5,6)22-20(7,8)14-17/h16-17,22H,9-15H2,1-8H3,(H,21,25). The van der Waals surface area contributed by atoms with E-state index in [9.17, 15) is 4.79 Å². The molecule has 0 spiro atoms. The number of piperidine rings is 1. The van der Waals surface area contributed by atoms with E-state index in [1.807, 2.05) is 4.90 Å². The molecule has 5 heteroatoms. The van der Waals surface area contributed by atoms with Crippen LogP contribution in [0.5, 0.6) is 0 Å². The molecule has 1 saturated heterocycles. The minimum absolute atomic E-state index is 0.0454. The molecule has 1 aliphatic heterocycles. The topological polar surface area (TPSA) is 47.6 Å². The van der Waals surface area contributed by atoms with Gasteiger partial charge in [0.25, 0.3) is 0 Å². The number of likely N-dealkylation sites (N-methyl/N-ethyl adjacent to an activating group) is 1. The predicted octanol–water partition coefficient (Wildman–Crippen LogP) is 3.31. The average Bonchev–Trinajstić information content (AvgIpc) is 2.43. The van der Waals surface area contributed by atoms with Gasteiger partial charge in [-0.1, -0.05) is 27.7 Å². The molecule has 0 aliphatic carbocycles. The van der Waals surface area contributed by atoms with Gasteiger partial charge in [-0.2, -0.15) is 0 Å². The van der Waals surface area contributed by atoms with Crippen LogP contribution in [0.1, 0.15) is 68.2 Å². The van der Waals surface area contributed by atoms with Crippen molar-refractivity contribution < 1.29 is 4.79 Å². The third-order valence-electron chi connectivity index (χ3n) is 4.97. The first-order valence-corrected chi connectivity index (χ1v) is 10.0. The number of hydrogen-bond donors (Lipinski definition) is 2. The van der Waals surface area contributed by atoms with Crippen molar-refractivity contribution in [3.05, 3.63) is 0 Å². The largest absolute Gasteiger partial charge is 0.335 e. The van der Waals surface area contributed by atoms with Crippen LogP contribution in [0.4, 0.5) is 4.79 Å². The quantitative estimate of drug-likeness (QED) is 0.703. The van der Waals surface area contributed by atoms with E-state index in [2.05, 4.69) is 70.9 Å². The molecule has 0 radical (unpaired) electrons. The van der Waals surface area contributed by atoms with Crippen LogP contribution in [0.2, 0.25) is 0 Å². The average molecular weight is 355 g/mol. The zero-order valence-electron chi connectivity index (χ0n) is 17.9. The molecule has 0 unspecified atom stereocenters. The molecule has 25 heavy (non-hydrogen) atoms. The van der Waals surface area contributed by atoms with E-state index in [0.717, 1.165) is 45.6 Å². The number of hydrogen-bond acceptors (Lipinski definition) is 3. The summed E-state index contributed by atoms with van der Waals surface area (Å²) in [5.74, 6) is 0.475. The van der Waals surface area contributed by atoms with Crippen LogP contribution >= 0.6 is 0 Å². The molecule has 1 aliphatic rings. The zero-order valence-corrected chi connectivity index (χ0v) is 17.9. The SMILES string of the molecule is CCN(CC)CCN(CC(C)C)C(=O)NC1CC(C)(C)NC(C)(C)C1. The van der Waals surface area contributed by atoms with Crippen molar-refractivity contribution in [3.63, 3.8) is 0 Å². The third kappa shape index (κ3) is 7.95. The van der Waals surface area contributed by atoms with Gasteiger partial charge in [-0.05, 0) is 59.5 Å². The van der Waals surface area contributed by atoms with Crippen LogP contribution in [0, 0.1) is 5.92 Å². The van der Waals surface area contributed by atoms with Gasteiger partial charge in [0.15, 0.2) is 0 Å². The normalized spacial score (nSPS) is 20.1. The monoisotopic (exact) mass is 354 g/mol. The Labute approximate surface area is 155 Å². The van der Waals surface area contributed by atoms with Crippen LogP contribution in [0.25, 0.3) is 0 Å². The Kier molecular flexibility index (Phi) is 8.20. The molecule has 0 aromatic rings. The molecule has 1 fully saturated rings. The molecule has 2 amide bonds. The molecule has 2 N–H and O–H groups in total. The highest BCUT2D eigenvalue weighted by molar-refractivity contribution is 5.74. The number of nitrogens with zero attached hydrogens (tertiary/aromatic N) is 2. The summed E-state index contributed by atoms with van der Waals surface area (Å²) in [5, 5.41) is 7.00. The van der Waals surface area contributed by atoms with Gasteiger partial charge in [-0.15, -0.1) is 0 Å². The highest BCUT2D eigenvalue weighted by Gasteiger charge is 2.38. The fraction of sp³-hybridized carbons (Fsp3) is 0.950. The fourth-order valence-electron chi connectivity index (χ4n) is 4.21. The fourth-order valence-corrected chi connectivity index (χ4v) is 4.21. The number of amides is 2. The molecular formula is C20H42N4O. The van der Waals surface area contributed by atoms with E-state index in [0.29, 0.717) is 5.92 Å². The summed E-state index contributed by atoms with van der Waals surface area (Å²) in [4.78, 5) is 17.3. The Bertz CT molecular complexity index is 400. The van der Waals surface area contributed by atoms with Crippen LogP contribution in [0.15, 0.2) is 0 Å². The summed E-state index contributed by atoms with van der Waals surface area (Å²) >= 11 is 0. The molecule has 148 valence electrons.